The van der Waals surface area contributed by atoms with E-state index in [9.17, 15) is 19.2 Å². The third kappa shape index (κ3) is 18.2. The van der Waals surface area contributed by atoms with Gasteiger partial charge < -0.3 is 35.8 Å². The van der Waals surface area contributed by atoms with Crippen LogP contribution < -0.4 is 22.2 Å². The van der Waals surface area contributed by atoms with Crippen molar-refractivity contribution in [3.8, 4) is 0 Å². The van der Waals surface area contributed by atoms with Gasteiger partial charge in [0, 0.05) is 43.4 Å². The fourth-order valence-corrected chi connectivity index (χ4v) is 2.87. The molecular formula is C25H43N5O7. The van der Waals surface area contributed by atoms with Crippen molar-refractivity contribution < 1.29 is 33.4 Å². The number of hydrogen-bond acceptors (Lipinski definition) is 10. The summed E-state index contributed by atoms with van der Waals surface area (Å²) in [4.78, 5) is 43.8. The van der Waals surface area contributed by atoms with E-state index < -0.39 is 0 Å². The Kier molecular flexibility index (Phi) is 21.9. The van der Waals surface area contributed by atoms with Crippen LogP contribution in [0.15, 0.2) is 18.2 Å². The van der Waals surface area contributed by atoms with Gasteiger partial charge in [-0.15, -0.1) is 0 Å². The smallest absolute Gasteiger partial charge is 0.226 e. The number of benzene rings is 1. The van der Waals surface area contributed by atoms with E-state index in [0.717, 1.165) is 25.5 Å². The zero-order chi connectivity index (χ0) is 27.7. The molecule has 0 aliphatic heterocycles. The SMILES string of the molecule is CCCCC=O.CN(Cc1c(C=O)cccc1NC(=O)CCOCC(N)COCCOCCN)NC=O. The summed E-state index contributed by atoms with van der Waals surface area (Å²) in [5.74, 6) is -0.267. The lowest BCUT2D eigenvalue weighted by Crippen LogP contribution is -2.33. The number of amides is 2. The molecular weight excluding hydrogens is 482 g/mol. The number of aldehydes is 2. The number of nitrogens with one attached hydrogen (secondary N) is 2. The molecule has 0 aliphatic carbocycles. The first kappa shape index (κ1) is 34.3. The molecule has 210 valence electrons. The highest BCUT2D eigenvalue weighted by Gasteiger charge is 2.13. The first-order valence-electron chi connectivity index (χ1n) is 12.3. The second kappa shape index (κ2) is 23.6. The van der Waals surface area contributed by atoms with Crippen molar-refractivity contribution >= 4 is 30.6 Å². The summed E-state index contributed by atoms with van der Waals surface area (Å²) in [6.45, 7) is 4.93. The molecule has 0 radical (unpaired) electrons. The molecule has 0 spiro atoms. The number of nitrogens with zero attached hydrogens (tertiary/aromatic N) is 1. The lowest BCUT2D eigenvalue weighted by atomic mass is 10.1. The molecule has 0 saturated heterocycles. The first-order valence-corrected chi connectivity index (χ1v) is 12.3. The zero-order valence-corrected chi connectivity index (χ0v) is 22.0. The van der Waals surface area contributed by atoms with Gasteiger partial charge in [0.2, 0.25) is 12.3 Å². The number of carbonyl (C=O) groups excluding carboxylic acids is 4. The molecule has 0 heterocycles. The number of hydrazine groups is 1. The van der Waals surface area contributed by atoms with Crippen molar-refractivity contribution in [1.29, 1.82) is 0 Å². The minimum atomic E-state index is -0.311. The Morgan fingerprint density at radius 2 is 1.78 bits per heavy atom. The summed E-state index contributed by atoms with van der Waals surface area (Å²) in [5, 5.41) is 4.28. The summed E-state index contributed by atoms with van der Waals surface area (Å²) in [6.07, 6.45) is 5.22. The summed E-state index contributed by atoms with van der Waals surface area (Å²) in [6, 6.07) is 4.70. The molecule has 0 saturated carbocycles. The van der Waals surface area contributed by atoms with E-state index in [-0.39, 0.29) is 38.1 Å². The van der Waals surface area contributed by atoms with Crippen LogP contribution in [0.25, 0.3) is 0 Å². The van der Waals surface area contributed by atoms with Gasteiger partial charge in [0.05, 0.1) is 52.1 Å². The summed E-state index contributed by atoms with van der Waals surface area (Å²) in [5.41, 5.74) is 15.2. The predicted molar refractivity (Wildman–Crippen MR) is 141 cm³/mol. The molecule has 1 atom stereocenters. The largest absolute Gasteiger partial charge is 0.379 e. The number of nitrogens with two attached hydrogens (primary N) is 2. The Morgan fingerprint density at radius 3 is 2.38 bits per heavy atom. The van der Waals surface area contributed by atoms with Gasteiger partial charge in [-0.05, 0) is 12.5 Å². The van der Waals surface area contributed by atoms with Crippen LogP contribution >= 0.6 is 0 Å². The maximum Gasteiger partial charge on any atom is 0.226 e. The van der Waals surface area contributed by atoms with Crippen LogP contribution in [0.4, 0.5) is 5.69 Å². The summed E-state index contributed by atoms with van der Waals surface area (Å²) < 4.78 is 16.0. The molecule has 12 nitrogen and oxygen atoms in total. The van der Waals surface area contributed by atoms with Crippen molar-refractivity contribution in [2.45, 2.75) is 45.2 Å². The van der Waals surface area contributed by atoms with Crippen LogP contribution in [0.3, 0.4) is 0 Å². The van der Waals surface area contributed by atoms with Gasteiger partial charge in [-0.2, -0.15) is 0 Å². The van der Waals surface area contributed by atoms with E-state index in [2.05, 4.69) is 17.7 Å². The van der Waals surface area contributed by atoms with E-state index in [4.69, 9.17) is 25.7 Å². The summed E-state index contributed by atoms with van der Waals surface area (Å²) in [7, 11) is 1.65. The van der Waals surface area contributed by atoms with Crippen molar-refractivity contribution in [1.82, 2.24) is 10.4 Å². The molecule has 1 unspecified atom stereocenters. The molecule has 1 aromatic carbocycles. The monoisotopic (exact) mass is 525 g/mol. The lowest BCUT2D eigenvalue weighted by molar-refractivity contribution is -0.117. The van der Waals surface area contributed by atoms with Gasteiger partial charge in [0.1, 0.15) is 12.6 Å². The van der Waals surface area contributed by atoms with Gasteiger partial charge in [0.15, 0.2) is 0 Å². The van der Waals surface area contributed by atoms with Crippen LogP contribution in [0.1, 0.15) is 48.5 Å². The Morgan fingerprint density at radius 1 is 1.08 bits per heavy atom. The molecule has 6 N–H and O–H groups in total. The highest BCUT2D eigenvalue weighted by atomic mass is 16.5. The Labute approximate surface area is 219 Å². The number of hydrogen-bond donors (Lipinski definition) is 4. The second-order valence-corrected chi connectivity index (χ2v) is 8.01. The predicted octanol–water partition coefficient (Wildman–Crippen LogP) is 0.632. The van der Waals surface area contributed by atoms with Crippen LogP contribution in [0, 0.1) is 0 Å². The number of ether oxygens (including phenoxy) is 3. The lowest BCUT2D eigenvalue weighted by Gasteiger charge is -2.19. The molecule has 0 aliphatic rings. The van der Waals surface area contributed by atoms with Crippen LogP contribution in [0.5, 0.6) is 0 Å². The number of rotatable bonds is 21. The molecule has 37 heavy (non-hydrogen) atoms. The van der Waals surface area contributed by atoms with Crippen molar-refractivity contribution in [3.63, 3.8) is 0 Å². The van der Waals surface area contributed by atoms with Gasteiger partial charge in [-0.1, -0.05) is 25.5 Å². The average Bonchev–Trinajstić information content (AvgIpc) is 2.89. The molecule has 12 heteroatoms. The number of unbranched alkanes of at least 4 members (excludes halogenated alkanes) is 2. The molecule has 1 aromatic rings. The Hall–Kier alpha value is -2.74. The van der Waals surface area contributed by atoms with E-state index >= 15 is 0 Å². The Bertz CT molecular complexity index is 767. The van der Waals surface area contributed by atoms with Gasteiger partial charge in [-0.25, -0.2) is 5.01 Å². The van der Waals surface area contributed by atoms with Crippen molar-refractivity contribution in [3.05, 3.63) is 29.3 Å². The van der Waals surface area contributed by atoms with E-state index in [1.54, 1.807) is 25.2 Å². The zero-order valence-electron chi connectivity index (χ0n) is 22.0. The standard InChI is InChI=1S/C20H33N5O6.C5H10O/c1-25(23-15-27)11-18-16(12-26)3-2-4-19(18)24-20(28)5-7-30-13-17(22)14-31-10-9-29-8-6-21;1-2-3-4-5-6/h2-4,12,15,17H,5-11,13-14,21-22H2,1H3,(H,23,27)(H,24,28);5H,2-4H2,1H3. The first-order chi connectivity index (χ1) is 17.9. The van der Waals surface area contributed by atoms with E-state index in [1.165, 1.54) is 5.01 Å². The average molecular weight is 526 g/mol. The molecule has 0 fully saturated rings. The minimum absolute atomic E-state index is 0.119. The topological polar surface area (TPSA) is 175 Å². The van der Waals surface area contributed by atoms with Crippen molar-refractivity contribution in [2.75, 3.05) is 58.6 Å². The maximum absolute atomic E-state index is 12.3. The Balaban J connectivity index is 0.00000192. The second-order valence-electron chi connectivity index (χ2n) is 8.01. The van der Waals surface area contributed by atoms with E-state index in [0.29, 0.717) is 62.5 Å². The quantitative estimate of drug-likeness (QED) is 0.101. The molecule has 2 amide bonds. The molecule has 0 bridgehead atoms. The maximum atomic E-state index is 12.3. The molecule has 0 aromatic heterocycles. The van der Waals surface area contributed by atoms with Crippen molar-refractivity contribution in [2.24, 2.45) is 11.5 Å². The van der Waals surface area contributed by atoms with Gasteiger partial charge >= 0.3 is 0 Å². The highest BCUT2D eigenvalue weighted by molar-refractivity contribution is 5.93. The highest BCUT2D eigenvalue weighted by Crippen LogP contribution is 2.20. The number of anilines is 1. The van der Waals surface area contributed by atoms with E-state index in [1.807, 2.05) is 0 Å². The van der Waals surface area contributed by atoms with Crippen LogP contribution in [0.2, 0.25) is 0 Å². The van der Waals surface area contributed by atoms with Crippen LogP contribution in [-0.2, 0) is 35.1 Å². The van der Waals surface area contributed by atoms with Gasteiger partial charge in [0.25, 0.3) is 0 Å². The normalized spacial score (nSPS) is 11.3. The third-order valence-electron chi connectivity index (χ3n) is 4.73. The fraction of sp³-hybridized carbons (Fsp3) is 0.600. The summed E-state index contributed by atoms with van der Waals surface area (Å²) >= 11 is 0. The number of carbonyl (C=O) groups is 4. The fourth-order valence-electron chi connectivity index (χ4n) is 2.87. The van der Waals surface area contributed by atoms with Crippen LogP contribution in [-0.4, -0.2) is 89.2 Å². The third-order valence-corrected chi connectivity index (χ3v) is 4.73. The minimum Gasteiger partial charge on any atom is -0.379 e. The van der Waals surface area contributed by atoms with Gasteiger partial charge in [-0.3, -0.25) is 19.8 Å². The molecule has 1 rings (SSSR count).